The lowest BCUT2D eigenvalue weighted by Gasteiger charge is -2.08. The molecule has 2 aromatic carbocycles. The van der Waals surface area contributed by atoms with Crippen molar-refractivity contribution in [2.75, 3.05) is 11.9 Å². The molecule has 0 aromatic heterocycles. The maximum Gasteiger partial charge on any atom is 0.586 e. The first-order chi connectivity index (χ1) is 11.8. The van der Waals surface area contributed by atoms with E-state index in [4.69, 9.17) is 0 Å². The molecule has 0 saturated heterocycles. The van der Waals surface area contributed by atoms with Gasteiger partial charge in [-0.2, -0.15) is 0 Å². The standard InChI is InChI=1S/C16H11F3N2O4/c17-11-4-2-1-3-10(11)15(23)20-8-14(22)21-9-5-6-12-13(7-9)25-16(18,19)24-12/h1-7H,8H2,(H,20,23)(H,21,22). The van der Waals surface area contributed by atoms with E-state index in [0.717, 1.165) is 12.1 Å². The summed E-state index contributed by atoms with van der Waals surface area (Å²) in [6.45, 7) is -0.433. The fourth-order valence-corrected chi connectivity index (χ4v) is 2.13. The molecule has 0 aliphatic carbocycles. The van der Waals surface area contributed by atoms with E-state index in [1.165, 1.54) is 30.3 Å². The molecule has 2 N–H and O–H groups in total. The minimum Gasteiger partial charge on any atom is -0.395 e. The normalized spacial score (nSPS) is 14.0. The lowest BCUT2D eigenvalue weighted by atomic mass is 10.2. The highest BCUT2D eigenvalue weighted by Gasteiger charge is 2.43. The highest BCUT2D eigenvalue weighted by molar-refractivity contribution is 5.99. The molecule has 0 bridgehead atoms. The largest absolute Gasteiger partial charge is 0.586 e. The van der Waals surface area contributed by atoms with E-state index in [2.05, 4.69) is 20.1 Å². The van der Waals surface area contributed by atoms with Gasteiger partial charge >= 0.3 is 6.29 Å². The quantitative estimate of drug-likeness (QED) is 0.887. The van der Waals surface area contributed by atoms with Gasteiger partial charge in [-0.3, -0.25) is 9.59 Å². The Kier molecular flexibility index (Phi) is 4.22. The Morgan fingerprint density at radius 2 is 1.76 bits per heavy atom. The number of carbonyl (C=O) groups is 2. The number of benzene rings is 2. The second kappa shape index (κ2) is 6.34. The number of alkyl halides is 2. The van der Waals surface area contributed by atoms with Gasteiger partial charge in [-0.05, 0) is 24.3 Å². The topological polar surface area (TPSA) is 76.7 Å². The Morgan fingerprint density at radius 1 is 1.04 bits per heavy atom. The summed E-state index contributed by atoms with van der Waals surface area (Å²) in [4.78, 5) is 23.6. The molecule has 1 aliphatic heterocycles. The van der Waals surface area contributed by atoms with Crippen LogP contribution in [0.2, 0.25) is 0 Å². The number of amides is 2. The zero-order chi connectivity index (χ0) is 18.0. The summed E-state index contributed by atoms with van der Waals surface area (Å²) in [7, 11) is 0. The molecular formula is C16H11F3N2O4. The molecule has 0 fully saturated rings. The maximum atomic E-state index is 13.5. The van der Waals surface area contributed by atoms with Gasteiger partial charge in [0.1, 0.15) is 5.82 Å². The molecule has 1 aliphatic rings. The summed E-state index contributed by atoms with van der Waals surface area (Å²) in [6.07, 6.45) is -3.75. The average molecular weight is 352 g/mol. The fraction of sp³-hybridized carbons (Fsp3) is 0.125. The molecule has 2 amide bonds. The first-order valence-corrected chi connectivity index (χ1v) is 7.06. The van der Waals surface area contributed by atoms with Crippen LogP contribution < -0.4 is 20.1 Å². The first kappa shape index (κ1) is 16.6. The highest BCUT2D eigenvalue weighted by atomic mass is 19.3. The summed E-state index contributed by atoms with van der Waals surface area (Å²) < 4.78 is 47.8. The highest BCUT2D eigenvalue weighted by Crippen LogP contribution is 2.42. The predicted molar refractivity (Wildman–Crippen MR) is 80.0 cm³/mol. The van der Waals surface area contributed by atoms with Crippen LogP contribution in [0.1, 0.15) is 10.4 Å². The van der Waals surface area contributed by atoms with Crippen LogP contribution in [0.15, 0.2) is 42.5 Å². The van der Waals surface area contributed by atoms with Crippen molar-refractivity contribution in [1.29, 1.82) is 0 Å². The number of ether oxygens (including phenoxy) is 2. The molecule has 130 valence electrons. The SMILES string of the molecule is O=C(CNC(=O)c1ccccc1F)Nc1ccc2c(c1)OC(F)(F)O2. The van der Waals surface area contributed by atoms with Crippen molar-refractivity contribution in [2.45, 2.75) is 6.29 Å². The number of hydrogen-bond acceptors (Lipinski definition) is 4. The summed E-state index contributed by atoms with van der Waals surface area (Å²) in [5, 5.41) is 4.65. The van der Waals surface area contributed by atoms with E-state index in [1.54, 1.807) is 0 Å². The van der Waals surface area contributed by atoms with E-state index in [9.17, 15) is 22.8 Å². The van der Waals surface area contributed by atoms with Crippen LogP contribution in [0.3, 0.4) is 0 Å². The molecular weight excluding hydrogens is 341 g/mol. The minimum absolute atomic E-state index is 0.157. The predicted octanol–water partition coefficient (Wildman–Crippen LogP) is 2.52. The Bertz CT molecular complexity index is 842. The summed E-state index contributed by atoms with van der Waals surface area (Å²) in [5.41, 5.74) is -0.0224. The minimum atomic E-state index is -3.75. The number of anilines is 1. The van der Waals surface area contributed by atoms with Crippen molar-refractivity contribution in [3.8, 4) is 11.5 Å². The van der Waals surface area contributed by atoms with Crippen molar-refractivity contribution < 1.29 is 32.2 Å². The number of nitrogens with one attached hydrogen (secondary N) is 2. The van der Waals surface area contributed by atoms with Gasteiger partial charge in [0.25, 0.3) is 5.91 Å². The van der Waals surface area contributed by atoms with Gasteiger partial charge in [-0.1, -0.05) is 12.1 Å². The lowest BCUT2D eigenvalue weighted by molar-refractivity contribution is -0.286. The van der Waals surface area contributed by atoms with Crippen LogP contribution >= 0.6 is 0 Å². The number of hydrogen-bond donors (Lipinski definition) is 2. The van der Waals surface area contributed by atoms with Crippen molar-refractivity contribution in [3.63, 3.8) is 0 Å². The van der Waals surface area contributed by atoms with Crippen molar-refractivity contribution in [3.05, 3.63) is 53.8 Å². The van der Waals surface area contributed by atoms with Crippen LogP contribution in [0.5, 0.6) is 11.5 Å². The van der Waals surface area contributed by atoms with Crippen molar-refractivity contribution in [2.24, 2.45) is 0 Å². The van der Waals surface area contributed by atoms with E-state index in [1.807, 2.05) is 0 Å². The zero-order valence-electron chi connectivity index (χ0n) is 12.5. The molecule has 25 heavy (non-hydrogen) atoms. The van der Waals surface area contributed by atoms with Gasteiger partial charge in [0.05, 0.1) is 12.1 Å². The van der Waals surface area contributed by atoms with Gasteiger partial charge in [-0.25, -0.2) is 4.39 Å². The van der Waals surface area contributed by atoms with Crippen LogP contribution in [0.25, 0.3) is 0 Å². The Balaban J connectivity index is 1.57. The van der Waals surface area contributed by atoms with Gasteiger partial charge in [-0.15, -0.1) is 8.78 Å². The Hall–Kier alpha value is -3.23. The number of fused-ring (bicyclic) bond motifs is 1. The van der Waals surface area contributed by atoms with Crippen LogP contribution in [0, 0.1) is 5.82 Å². The number of carbonyl (C=O) groups excluding carboxylic acids is 2. The zero-order valence-corrected chi connectivity index (χ0v) is 12.5. The molecule has 9 heteroatoms. The van der Waals surface area contributed by atoms with Crippen LogP contribution in [-0.2, 0) is 4.79 Å². The second-order valence-electron chi connectivity index (χ2n) is 5.04. The molecule has 0 spiro atoms. The van der Waals surface area contributed by atoms with Gasteiger partial charge < -0.3 is 20.1 Å². The van der Waals surface area contributed by atoms with Crippen molar-refractivity contribution in [1.82, 2.24) is 5.32 Å². The van der Waals surface area contributed by atoms with Gasteiger partial charge in [0, 0.05) is 11.8 Å². The summed E-state index contributed by atoms with van der Waals surface area (Å²) in [5.74, 6) is -2.47. The summed E-state index contributed by atoms with van der Waals surface area (Å²) in [6, 6.07) is 9.02. The van der Waals surface area contributed by atoms with E-state index in [-0.39, 0.29) is 22.7 Å². The Labute approximate surface area is 139 Å². The third-order valence-electron chi connectivity index (χ3n) is 3.21. The maximum absolute atomic E-state index is 13.5. The lowest BCUT2D eigenvalue weighted by Crippen LogP contribution is -2.33. The molecule has 0 radical (unpaired) electrons. The molecule has 2 aromatic rings. The van der Waals surface area contributed by atoms with Gasteiger partial charge in [0.15, 0.2) is 11.5 Å². The smallest absolute Gasteiger partial charge is 0.395 e. The molecule has 0 atom stereocenters. The first-order valence-electron chi connectivity index (χ1n) is 7.06. The monoisotopic (exact) mass is 352 g/mol. The molecule has 1 heterocycles. The second-order valence-corrected chi connectivity index (χ2v) is 5.04. The molecule has 6 nitrogen and oxygen atoms in total. The van der Waals surface area contributed by atoms with Gasteiger partial charge in [0.2, 0.25) is 5.91 Å². The van der Waals surface area contributed by atoms with E-state index in [0.29, 0.717) is 0 Å². The molecule has 3 rings (SSSR count). The number of halogens is 3. The van der Waals surface area contributed by atoms with Crippen molar-refractivity contribution >= 4 is 17.5 Å². The van der Waals surface area contributed by atoms with E-state index >= 15 is 0 Å². The fourth-order valence-electron chi connectivity index (χ4n) is 2.13. The third-order valence-corrected chi connectivity index (χ3v) is 3.21. The van der Waals surface area contributed by atoms with Crippen LogP contribution in [-0.4, -0.2) is 24.7 Å². The third kappa shape index (κ3) is 3.82. The summed E-state index contributed by atoms with van der Waals surface area (Å²) >= 11 is 0. The Morgan fingerprint density at radius 3 is 2.52 bits per heavy atom. The average Bonchev–Trinajstić information content (AvgIpc) is 2.86. The van der Waals surface area contributed by atoms with Crippen LogP contribution in [0.4, 0.5) is 18.9 Å². The molecule has 0 saturated carbocycles. The van der Waals surface area contributed by atoms with E-state index < -0.39 is 30.5 Å². The molecule has 0 unspecified atom stereocenters. The number of rotatable bonds is 4.